The Kier molecular flexibility index (Phi) is 6.28. The molecule has 1 N–H and O–H groups in total. The zero-order chi connectivity index (χ0) is 20.4. The average Bonchev–Trinajstić information content (AvgIpc) is 2.55. The third-order valence-electron chi connectivity index (χ3n) is 3.44. The fraction of sp³-hybridized carbons (Fsp3) is 0.188. The van der Waals surface area contributed by atoms with Crippen LogP contribution in [0.25, 0.3) is 0 Å². The molecule has 0 saturated heterocycles. The van der Waals surface area contributed by atoms with Gasteiger partial charge in [-0.15, -0.1) is 0 Å². The van der Waals surface area contributed by atoms with E-state index >= 15 is 0 Å². The molecule has 0 aromatic heterocycles. The van der Waals surface area contributed by atoms with Gasteiger partial charge in [0.05, 0.1) is 17.0 Å². The molecule has 0 radical (unpaired) electrons. The van der Waals surface area contributed by atoms with Crippen LogP contribution in [-0.2, 0) is 21.0 Å². The molecule has 5 nitrogen and oxygen atoms in total. The van der Waals surface area contributed by atoms with Crippen LogP contribution in [0, 0.1) is 5.82 Å². The van der Waals surface area contributed by atoms with Crippen molar-refractivity contribution in [2.75, 3.05) is 18.9 Å². The van der Waals surface area contributed by atoms with Crippen LogP contribution in [0.5, 0.6) is 0 Å². The molecular formula is C16H13BrF4N2O3S. The number of hydrogen-bond acceptors (Lipinski definition) is 3. The zero-order valence-electron chi connectivity index (χ0n) is 13.7. The maximum Gasteiger partial charge on any atom is 0.417 e. The van der Waals surface area contributed by atoms with Gasteiger partial charge in [0.2, 0.25) is 15.9 Å². The summed E-state index contributed by atoms with van der Waals surface area (Å²) in [6, 6.07) is 7.11. The Bertz CT molecular complexity index is 947. The number of carbonyl (C=O) groups excluding carboxylic acids is 1. The van der Waals surface area contributed by atoms with E-state index in [0.717, 1.165) is 43.4 Å². The summed E-state index contributed by atoms with van der Waals surface area (Å²) in [7, 11) is -2.94. The highest BCUT2D eigenvalue weighted by molar-refractivity contribution is 9.10. The summed E-state index contributed by atoms with van der Waals surface area (Å²) in [4.78, 5) is 11.8. The van der Waals surface area contributed by atoms with Crippen molar-refractivity contribution in [3.63, 3.8) is 0 Å². The number of likely N-dealkylation sites (N-methyl/N-ethyl adjacent to an activating group) is 1. The molecule has 0 unspecified atom stereocenters. The number of halogens is 5. The van der Waals surface area contributed by atoms with E-state index in [2.05, 4.69) is 21.2 Å². The number of benzene rings is 2. The molecule has 0 saturated carbocycles. The number of amides is 1. The third kappa shape index (κ3) is 5.27. The summed E-state index contributed by atoms with van der Waals surface area (Å²) in [6.45, 7) is -0.642. The Labute approximate surface area is 161 Å². The molecule has 27 heavy (non-hydrogen) atoms. The van der Waals surface area contributed by atoms with E-state index in [0.29, 0.717) is 4.31 Å². The number of carbonyl (C=O) groups is 1. The van der Waals surface area contributed by atoms with Crippen LogP contribution < -0.4 is 5.32 Å². The first-order valence-electron chi connectivity index (χ1n) is 7.30. The standard InChI is InChI=1S/C16H13BrF4N2O3S/c1-23(27(25,26)12-5-2-10(18)3-6-12)9-15(24)22-11-4-7-14(17)13(8-11)16(19,20)21/h2-8H,9H2,1H3,(H,22,24). The number of anilines is 1. The van der Waals surface area contributed by atoms with Gasteiger partial charge in [0.25, 0.3) is 0 Å². The maximum absolute atomic E-state index is 12.9. The van der Waals surface area contributed by atoms with Crippen molar-refractivity contribution in [2.45, 2.75) is 11.1 Å². The molecular weight excluding hydrogens is 456 g/mol. The Morgan fingerprint density at radius 2 is 1.74 bits per heavy atom. The van der Waals surface area contributed by atoms with Crippen molar-refractivity contribution in [3.05, 3.63) is 58.3 Å². The first-order chi connectivity index (χ1) is 12.4. The summed E-state index contributed by atoms with van der Waals surface area (Å²) in [5, 5.41) is 2.22. The molecule has 0 aliphatic heterocycles. The number of alkyl halides is 3. The Hall–Kier alpha value is -1.98. The molecule has 2 aromatic carbocycles. The fourth-order valence-electron chi connectivity index (χ4n) is 2.09. The van der Waals surface area contributed by atoms with Crippen molar-refractivity contribution in [1.29, 1.82) is 0 Å². The van der Waals surface area contributed by atoms with Gasteiger partial charge in [-0.05, 0) is 42.5 Å². The molecule has 0 heterocycles. The van der Waals surface area contributed by atoms with E-state index < -0.39 is 40.0 Å². The quantitative estimate of drug-likeness (QED) is 0.677. The summed E-state index contributed by atoms with van der Waals surface area (Å²) in [5.41, 5.74) is -1.12. The summed E-state index contributed by atoms with van der Waals surface area (Å²) in [5.74, 6) is -1.45. The molecule has 0 bridgehead atoms. The van der Waals surface area contributed by atoms with Gasteiger partial charge in [-0.1, -0.05) is 15.9 Å². The Balaban J connectivity index is 2.12. The minimum Gasteiger partial charge on any atom is -0.325 e. The molecule has 0 fully saturated rings. The Morgan fingerprint density at radius 1 is 1.15 bits per heavy atom. The molecule has 0 spiro atoms. The maximum atomic E-state index is 12.9. The lowest BCUT2D eigenvalue weighted by atomic mass is 10.2. The van der Waals surface area contributed by atoms with Crippen LogP contribution in [0.4, 0.5) is 23.2 Å². The fourth-order valence-corrected chi connectivity index (χ4v) is 3.69. The predicted octanol–water partition coefficient (Wildman–Crippen LogP) is 3.87. The number of hydrogen-bond donors (Lipinski definition) is 1. The van der Waals surface area contributed by atoms with Crippen LogP contribution in [0.3, 0.4) is 0 Å². The highest BCUT2D eigenvalue weighted by Crippen LogP contribution is 2.36. The minimum absolute atomic E-state index is 0.136. The number of nitrogens with zero attached hydrogens (tertiary/aromatic N) is 1. The van der Waals surface area contributed by atoms with Crippen molar-refractivity contribution in [3.8, 4) is 0 Å². The van der Waals surface area contributed by atoms with Gasteiger partial charge in [0.15, 0.2) is 0 Å². The highest BCUT2D eigenvalue weighted by atomic mass is 79.9. The molecule has 0 atom stereocenters. The van der Waals surface area contributed by atoms with E-state index in [-0.39, 0.29) is 15.1 Å². The van der Waals surface area contributed by atoms with E-state index in [9.17, 15) is 30.8 Å². The average molecular weight is 469 g/mol. The third-order valence-corrected chi connectivity index (χ3v) is 5.95. The van der Waals surface area contributed by atoms with E-state index in [1.807, 2.05) is 0 Å². The molecule has 2 aromatic rings. The van der Waals surface area contributed by atoms with E-state index in [1.54, 1.807) is 0 Å². The lowest BCUT2D eigenvalue weighted by Crippen LogP contribution is -2.35. The smallest absolute Gasteiger partial charge is 0.325 e. The minimum atomic E-state index is -4.62. The number of rotatable bonds is 5. The van der Waals surface area contributed by atoms with Crippen LogP contribution >= 0.6 is 15.9 Å². The second-order valence-electron chi connectivity index (χ2n) is 5.46. The summed E-state index contributed by atoms with van der Waals surface area (Å²) >= 11 is 2.78. The summed E-state index contributed by atoms with van der Waals surface area (Å²) in [6.07, 6.45) is -4.62. The van der Waals surface area contributed by atoms with Gasteiger partial charge >= 0.3 is 6.18 Å². The van der Waals surface area contributed by atoms with Gasteiger partial charge in [-0.2, -0.15) is 17.5 Å². The first kappa shape index (κ1) is 21.3. The van der Waals surface area contributed by atoms with E-state index in [4.69, 9.17) is 0 Å². The largest absolute Gasteiger partial charge is 0.417 e. The van der Waals surface area contributed by atoms with Crippen LogP contribution in [0.15, 0.2) is 51.8 Å². The monoisotopic (exact) mass is 468 g/mol. The molecule has 2 rings (SSSR count). The number of sulfonamides is 1. The lowest BCUT2D eigenvalue weighted by Gasteiger charge is -2.17. The van der Waals surface area contributed by atoms with Gasteiger partial charge in [-0.3, -0.25) is 4.79 Å². The molecule has 0 aliphatic rings. The van der Waals surface area contributed by atoms with Crippen molar-refractivity contribution in [1.82, 2.24) is 4.31 Å². The normalized spacial score (nSPS) is 12.3. The van der Waals surface area contributed by atoms with Crippen LogP contribution in [0.2, 0.25) is 0 Å². The second kappa shape index (κ2) is 7.95. The molecule has 1 amide bonds. The molecule has 146 valence electrons. The summed E-state index contributed by atoms with van der Waals surface area (Å²) < 4.78 is 76.8. The van der Waals surface area contributed by atoms with Crippen molar-refractivity contribution in [2.24, 2.45) is 0 Å². The molecule has 11 heteroatoms. The topological polar surface area (TPSA) is 66.5 Å². The van der Waals surface area contributed by atoms with Gasteiger partial charge in [0, 0.05) is 17.2 Å². The van der Waals surface area contributed by atoms with Gasteiger partial charge in [-0.25, -0.2) is 12.8 Å². The predicted molar refractivity (Wildman–Crippen MR) is 94.0 cm³/mol. The van der Waals surface area contributed by atoms with Gasteiger partial charge in [0.1, 0.15) is 5.82 Å². The SMILES string of the molecule is CN(CC(=O)Nc1ccc(Br)c(C(F)(F)F)c1)S(=O)(=O)c1ccc(F)cc1. The van der Waals surface area contributed by atoms with Crippen molar-refractivity contribution < 1.29 is 30.8 Å². The first-order valence-corrected chi connectivity index (χ1v) is 9.53. The van der Waals surface area contributed by atoms with Crippen molar-refractivity contribution >= 4 is 37.5 Å². The number of nitrogens with one attached hydrogen (secondary N) is 1. The lowest BCUT2D eigenvalue weighted by molar-refractivity contribution is -0.138. The van der Waals surface area contributed by atoms with E-state index in [1.165, 1.54) is 6.07 Å². The Morgan fingerprint density at radius 3 is 2.30 bits per heavy atom. The van der Waals surface area contributed by atoms with Crippen LogP contribution in [0.1, 0.15) is 5.56 Å². The highest BCUT2D eigenvalue weighted by Gasteiger charge is 2.33. The van der Waals surface area contributed by atoms with Crippen LogP contribution in [-0.4, -0.2) is 32.2 Å². The zero-order valence-corrected chi connectivity index (χ0v) is 16.1. The second-order valence-corrected chi connectivity index (χ2v) is 8.35. The van der Waals surface area contributed by atoms with Gasteiger partial charge < -0.3 is 5.32 Å². The molecule has 0 aliphatic carbocycles.